The van der Waals surface area contributed by atoms with Crippen molar-refractivity contribution in [1.29, 1.82) is 0 Å². The van der Waals surface area contributed by atoms with Crippen LogP contribution in [0.4, 0.5) is 13.2 Å². The highest BCUT2D eigenvalue weighted by molar-refractivity contribution is 9.10. The highest BCUT2D eigenvalue weighted by atomic mass is 79.9. The van der Waals surface area contributed by atoms with Gasteiger partial charge in [-0.2, -0.15) is 13.2 Å². The Hall–Kier alpha value is -2.47. The molecule has 0 aliphatic carbocycles. The molecule has 0 spiro atoms. The van der Waals surface area contributed by atoms with E-state index in [-0.39, 0.29) is 12.4 Å². The second-order valence-electron chi connectivity index (χ2n) is 9.05. The molecule has 0 bridgehead atoms. The molecule has 1 unspecified atom stereocenters. The van der Waals surface area contributed by atoms with Gasteiger partial charge in [0.25, 0.3) is 0 Å². The molecule has 0 fully saturated rings. The molecule has 36 heavy (non-hydrogen) atoms. The van der Waals surface area contributed by atoms with E-state index >= 15 is 0 Å². The topological polar surface area (TPSA) is 68.9 Å². The van der Waals surface area contributed by atoms with Gasteiger partial charge in [0.05, 0.1) is 12.7 Å². The first-order valence-corrected chi connectivity index (χ1v) is 13.0. The number of thioether (sulfide) groups is 1. The van der Waals surface area contributed by atoms with Gasteiger partial charge in [0.2, 0.25) is 5.43 Å². The lowest BCUT2D eigenvalue weighted by Crippen LogP contribution is -2.65. The van der Waals surface area contributed by atoms with Crippen molar-refractivity contribution in [1.82, 2.24) is 9.58 Å². The van der Waals surface area contributed by atoms with Crippen LogP contribution in [-0.2, 0) is 11.5 Å². The van der Waals surface area contributed by atoms with E-state index in [2.05, 4.69) is 15.9 Å². The minimum Gasteiger partial charge on any atom is -0.503 e. The number of fused-ring (bicyclic) bond motifs is 3. The van der Waals surface area contributed by atoms with Crippen LogP contribution >= 0.6 is 27.7 Å². The summed E-state index contributed by atoms with van der Waals surface area (Å²) in [6.07, 6.45) is -3.28. The second kappa shape index (κ2) is 8.83. The first kappa shape index (κ1) is 25.2. The molecule has 190 valence electrons. The van der Waals surface area contributed by atoms with Crippen molar-refractivity contribution in [2.24, 2.45) is 0 Å². The zero-order valence-electron chi connectivity index (χ0n) is 19.3. The van der Waals surface area contributed by atoms with E-state index in [1.165, 1.54) is 17.8 Å². The highest BCUT2D eigenvalue weighted by Gasteiger charge is 2.53. The number of halogens is 4. The number of benzene rings is 2. The normalized spacial score (nSPS) is 22.9. The third-order valence-electron chi connectivity index (χ3n) is 6.91. The second-order valence-corrected chi connectivity index (χ2v) is 10.9. The molecule has 2 aliphatic rings. The van der Waals surface area contributed by atoms with Crippen LogP contribution in [0, 0.1) is 0 Å². The SMILES string of the molecule is C[C@@H](N1CN([C@@H]2c3ccccc3SCc3c(Br)cccc32)n2ccc(=O)c(O)c2C1(C)O)C(F)(F)F. The van der Waals surface area contributed by atoms with Gasteiger partial charge in [-0.15, -0.1) is 11.8 Å². The molecule has 11 heteroatoms. The Morgan fingerprint density at radius 1 is 1.14 bits per heavy atom. The minimum absolute atomic E-state index is 0.316. The summed E-state index contributed by atoms with van der Waals surface area (Å²) >= 11 is 5.25. The number of pyridine rings is 1. The molecule has 5 rings (SSSR count). The van der Waals surface area contributed by atoms with Crippen LogP contribution in [-0.4, -0.2) is 38.7 Å². The van der Waals surface area contributed by atoms with Crippen molar-refractivity contribution in [2.45, 2.75) is 48.5 Å². The molecule has 0 radical (unpaired) electrons. The van der Waals surface area contributed by atoms with Crippen LogP contribution in [0.2, 0.25) is 0 Å². The molecule has 1 aromatic heterocycles. The smallest absolute Gasteiger partial charge is 0.403 e. The third-order valence-corrected chi connectivity index (χ3v) is 8.77. The fraction of sp³-hybridized carbons (Fsp3) is 0.320. The van der Waals surface area contributed by atoms with Gasteiger partial charge in [-0.25, -0.2) is 4.90 Å². The molecule has 0 amide bonds. The lowest BCUT2D eigenvalue weighted by molar-refractivity contribution is -0.236. The van der Waals surface area contributed by atoms with E-state index < -0.39 is 35.2 Å². The van der Waals surface area contributed by atoms with E-state index in [1.807, 2.05) is 42.5 Å². The molecule has 0 saturated carbocycles. The molecular weight excluding hydrogens is 559 g/mol. The third kappa shape index (κ3) is 3.93. The number of aromatic nitrogens is 1. The van der Waals surface area contributed by atoms with Crippen molar-refractivity contribution in [3.63, 3.8) is 0 Å². The standard InChI is InChI=1S/C25H23BrF3N3O3S/c1-14(25(27,28)29)30-13-32(31-11-10-19(33)22(34)23(31)24(30,2)35)21-15-7-5-8-18(26)17(15)12-36-20-9-4-3-6-16(20)21/h3-11,14,21,34-35H,12-13H2,1-2H3/t14-,21+,24?/m1/s1. The van der Waals surface area contributed by atoms with Crippen molar-refractivity contribution in [2.75, 3.05) is 11.7 Å². The summed E-state index contributed by atoms with van der Waals surface area (Å²) in [5.41, 5.74) is -0.666. The van der Waals surface area contributed by atoms with E-state index in [0.29, 0.717) is 5.75 Å². The number of nitrogens with zero attached hydrogens (tertiary/aromatic N) is 3. The Kier molecular flexibility index (Phi) is 6.18. The molecular formula is C25H23BrF3N3O3S. The Morgan fingerprint density at radius 2 is 1.83 bits per heavy atom. The van der Waals surface area contributed by atoms with Crippen LogP contribution in [0.3, 0.4) is 0 Å². The highest BCUT2D eigenvalue weighted by Crippen LogP contribution is 2.47. The van der Waals surface area contributed by atoms with Crippen molar-refractivity contribution in [3.05, 3.63) is 91.8 Å². The van der Waals surface area contributed by atoms with E-state index in [0.717, 1.165) is 43.9 Å². The Balaban J connectivity index is 1.81. The van der Waals surface area contributed by atoms with Crippen LogP contribution < -0.4 is 10.4 Å². The monoisotopic (exact) mass is 581 g/mol. The van der Waals surface area contributed by atoms with Gasteiger partial charge in [-0.1, -0.05) is 46.3 Å². The quantitative estimate of drug-likeness (QED) is 0.442. The number of rotatable bonds is 2. The van der Waals surface area contributed by atoms with Crippen molar-refractivity contribution < 1.29 is 23.4 Å². The van der Waals surface area contributed by atoms with Crippen LogP contribution in [0.5, 0.6) is 5.75 Å². The Labute approximate surface area is 218 Å². The Morgan fingerprint density at radius 3 is 2.56 bits per heavy atom. The van der Waals surface area contributed by atoms with Gasteiger partial charge in [0.1, 0.15) is 11.7 Å². The maximum atomic E-state index is 14.0. The number of hydrogen-bond acceptors (Lipinski definition) is 6. The summed E-state index contributed by atoms with van der Waals surface area (Å²) in [5.74, 6) is -0.154. The van der Waals surface area contributed by atoms with Crippen LogP contribution in [0.1, 0.15) is 42.3 Å². The maximum absolute atomic E-state index is 14.0. The van der Waals surface area contributed by atoms with Crippen LogP contribution in [0.15, 0.2) is 68.9 Å². The van der Waals surface area contributed by atoms with Crippen molar-refractivity contribution >= 4 is 27.7 Å². The Bertz CT molecular complexity index is 1390. The summed E-state index contributed by atoms with van der Waals surface area (Å²) in [5, 5.41) is 23.8. The summed E-state index contributed by atoms with van der Waals surface area (Å²) in [4.78, 5) is 14.2. The van der Waals surface area contributed by atoms with Gasteiger partial charge >= 0.3 is 6.18 Å². The fourth-order valence-corrected chi connectivity index (χ4v) is 6.86. The molecule has 2 aromatic carbocycles. The number of aliphatic hydroxyl groups is 1. The predicted molar refractivity (Wildman–Crippen MR) is 134 cm³/mol. The minimum atomic E-state index is -4.67. The number of hydrogen-bond donors (Lipinski definition) is 2. The molecule has 3 atom stereocenters. The average molecular weight is 582 g/mol. The summed E-state index contributed by atoms with van der Waals surface area (Å²) in [6.45, 7) is 1.79. The fourth-order valence-electron chi connectivity index (χ4n) is 5.01. The summed E-state index contributed by atoms with van der Waals surface area (Å²) in [6, 6.07) is 11.9. The summed E-state index contributed by atoms with van der Waals surface area (Å²) < 4.78 is 44.2. The molecule has 3 aromatic rings. The first-order chi connectivity index (χ1) is 16.9. The van der Waals surface area contributed by atoms with Gasteiger partial charge in [0, 0.05) is 27.4 Å². The lowest BCUT2D eigenvalue weighted by Gasteiger charge is -2.52. The number of alkyl halides is 3. The molecule has 6 nitrogen and oxygen atoms in total. The van der Waals surface area contributed by atoms with E-state index in [9.17, 15) is 28.2 Å². The molecule has 2 aliphatic heterocycles. The maximum Gasteiger partial charge on any atom is 0.403 e. The van der Waals surface area contributed by atoms with Gasteiger partial charge < -0.3 is 10.2 Å². The number of aromatic hydroxyl groups is 1. The molecule has 2 N–H and O–H groups in total. The first-order valence-electron chi connectivity index (χ1n) is 11.2. The van der Waals surface area contributed by atoms with Crippen molar-refractivity contribution in [3.8, 4) is 5.75 Å². The molecule has 0 saturated heterocycles. The van der Waals surface area contributed by atoms with E-state index in [4.69, 9.17) is 0 Å². The van der Waals surface area contributed by atoms with Gasteiger partial charge in [-0.05, 0) is 42.7 Å². The predicted octanol–water partition coefficient (Wildman–Crippen LogP) is 5.04. The lowest BCUT2D eigenvalue weighted by atomic mass is 9.93. The zero-order valence-corrected chi connectivity index (χ0v) is 21.7. The molecule has 3 heterocycles. The van der Waals surface area contributed by atoms with Crippen LogP contribution in [0.25, 0.3) is 0 Å². The average Bonchev–Trinajstić information content (AvgIpc) is 2.98. The largest absolute Gasteiger partial charge is 0.503 e. The van der Waals surface area contributed by atoms with E-state index in [1.54, 1.807) is 16.8 Å². The van der Waals surface area contributed by atoms with Gasteiger partial charge in [0.15, 0.2) is 11.5 Å². The van der Waals surface area contributed by atoms with Gasteiger partial charge in [-0.3, -0.25) is 14.5 Å². The summed E-state index contributed by atoms with van der Waals surface area (Å²) in [7, 11) is 0. The zero-order chi connectivity index (χ0) is 26.0.